The standard InChI is InChI=1S/C25H22INO4/c1-30-22-11-2-18(3-12-22)4-15-24(28)27-17-16-25(29)31-23-13-7-20(8-14-23)19-5-9-21(26)10-6-19/h2-15H,16-17H2,1H3,(H,27,28). The van der Waals surface area contributed by atoms with Crippen molar-refractivity contribution in [2.45, 2.75) is 6.42 Å². The second-order valence-electron chi connectivity index (χ2n) is 6.65. The monoisotopic (exact) mass is 527 g/mol. The summed E-state index contributed by atoms with van der Waals surface area (Å²) in [6.45, 7) is 0.200. The highest BCUT2D eigenvalue weighted by Gasteiger charge is 2.06. The van der Waals surface area contributed by atoms with Crippen LogP contribution in [0.25, 0.3) is 17.2 Å². The minimum atomic E-state index is -0.401. The van der Waals surface area contributed by atoms with E-state index in [4.69, 9.17) is 9.47 Å². The van der Waals surface area contributed by atoms with E-state index in [2.05, 4.69) is 40.0 Å². The molecule has 158 valence electrons. The zero-order chi connectivity index (χ0) is 22.1. The first-order valence-corrected chi connectivity index (χ1v) is 10.8. The van der Waals surface area contributed by atoms with Gasteiger partial charge in [0.2, 0.25) is 5.91 Å². The molecule has 0 saturated carbocycles. The third kappa shape index (κ3) is 7.25. The highest BCUT2D eigenvalue weighted by atomic mass is 127. The Bertz CT molecular complexity index is 1040. The van der Waals surface area contributed by atoms with Crippen LogP contribution in [0.3, 0.4) is 0 Å². The van der Waals surface area contributed by atoms with E-state index in [0.717, 1.165) is 22.4 Å². The summed E-state index contributed by atoms with van der Waals surface area (Å²) in [7, 11) is 1.60. The molecule has 6 heteroatoms. The predicted molar refractivity (Wildman–Crippen MR) is 130 cm³/mol. The average Bonchev–Trinajstić information content (AvgIpc) is 2.79. The lowest BCUT2D eigenvalue weighted by Gasteiger charge is -2.07. The van der Waals surface area contributed by atoms with Gasteiger partial charge in [-0.3, -0.25) is 9.59 Å². The van der Waals surface area contributed by atoms with Gasteiger partial charge in [-0.1, -0.05) is 36.4 Å². The summed E-state index contributed by atoms with van der Waals surface area (Å²) in [5.41, 5.74) is 3.03. The van der Waals surface area contributed by atoms with E-state index in [9.17, 15) is 9.59 Å². The molecule has 0 radical (unpaired) electrons. The minimum absolute atomic E-state index is 0.0843. The summed E-state index contributed by atoms with van der Waals surface area (Å²) in [4.78, 5) is 23.9. The van der Waals surface area contributed by atoms with Gasteiger partial charge in [-0.15, -0.1) is 0 Å². The van der Waals surface area contributed by atoms with Crippen molar-refractivity contribution in [3.05, 3.63) is 88.0 Å². The molecule has 0 heterocycles. The van der Waals surface area contributed by atoms with Gasteiger partial charge in [0.25, 0.3) is 0 Å². The van der Waals surface area contributed by atoms with Crippen LogP contribution in [0, 0.1) is 3.57 Å². The van der Waals surface area contributed by atoms with Crippen LogP contribution in [0.5, 0.6) is 11.5 Å². The number of carbonyl (C=O) groups is 2. The number of rotatable bonds is 8. The third-order valence-electron chi connectivity index (χ3n) is 4.43. The minimum Gasteiger partial charge on any atom is -0.497 e. The predicted octanol–water partition coefficient (Wildman–Crippen LogP) is 5.09. The van der Waals surface area contributed by atoms with Crippen molar-refractivity contribution in [2.24, 2.45) is 0 Å². The number of halogens is 1. The van der Waals surface area contributed by atoms with Gasteiger partial charge >= 0.3 is 5.97 Å². The molecule has 0 unspecified atom stereocenters. The van der Waals surface area contributed by atoms with Crippen molar-refractivity contribution >= 4 is 40.5 Å². The van der Waals surface area contributed by atoms with E-state index in [1.54, 1.807) is 25.3 Å². The lowest BCUT2D eigenvalue weighted by molar-refractivity contribution is -0.134. The Kier molecular flexibility index (Phi) is 8.23. The fraction of sp³-hybridized carbons (Fsp3) is 0.120. The summed E-state index contributed by atoms with van der Waals surface area (Å²) in [5.74, 6) is 0.557. The first-order valence-electron chi connectivity index (χ1n) is 9.70. The van der Waals surface area contributed by atoms with E-state index in [0.29, 0.717) is 5.75 Å². The highest BCUT2D eigenvalue weighted by molar-refractivity contribution is 14.1. The Balaban J connectivity index is 1.41. The number of methoxy groups -OCH3 is 1. The molecule has 1 N–H and O–H groups in total. The molecular weight excluding hydrogens is 505 g/mol. The summed E-state index contributed by atoms with van der Waals surface area (Å²) >= 11 is 2.27. The lowest BCUT2D eigenvalue weighted by Crippen LogP contribution is -2.25. The van der Waals surface area contributed by atoms with Gasteiger partial charge in [-0.25, -0.2) is 0 Å². The number of hydrogen-bond donors (Lipinski definition) is 1. The molecule has 5 nitrogen and oxygen atoms in total. The van der Waals surface area contributed by atoms with Crippen LogP contribution >= 0.6 is 22.6 Å². The molecule has 0 bridgehead atoms. The topological polar surface area (TPSA) is 64.6 Å². The quantitative estimate of drug-likeness (QED) is 0.192. The van der Waals surface area contributed by atoms with Crippen LogP contribution in [0.2, 0.25) is 0 Å². The third-order valence-corrected chi connectivity index (χ3v) is 5.15. The van der Waals surface area contributed by atoms with Gasteiger partial charge < -0.3 is 14.8 Å². The summed E-state index contributed by atoms with van der Waals surface area (Å²) < 4.78 is 11.6. The molecule has 1 amide bonds. The maximum absolute atomic E-state index is 12.0. The molecule has 0 aromatic heterocycles. The second-order valence-corrected chi connectivity index (χ2v) is 7.90. The molecule has 0 saturated heterocycles. The van der Waals surface area contributed by atoms with E-state index in [-0.39, 0.29) is 18.9 Å². The van der Waals surface area contributed by atoms with E-state index < -0.39 is 5.97 Å². The summed E-state index contributed by atoms with van der Waals surface area (Å²) in [6.07, 6.45) is 3.21. The fourth-order valence-corrected chi connectivity index (χ4v) is 3.13. The Hall–Kier alpha value is -3.13. The number of esters is 1. The average molecular weight is 527 g/mol. The van der Waals surface area contributed by atoms with E-state index in [1.807, 2.05) is 48.5 Å². The van der Waals surface area contributed by atoms with Gasteiger partial charge in [0, 0.05) is 16.2 Å². The largest absolute Gasteiger partial charge is 0.497 e. The normalized spacial score (nSPS) is 10.6. The van der Waals surface area contributed by atoms with Crippen LogP contribution in [-0.2, 0) is 9.59 Å². The van der Waals surface area contributed by atoms with Crippen molar-refractivity contribution in [3.63, 3.8) is 0 Å². The molecule has 0 aliphatic carbocycles. The van der Waals surface area contributed by atoms with Crippen LogP contribution in [0.4, 0.5) is 0 Å². The molecule has 3 aromatic carbocycles. The first kappa shape index (κ1) is 22.6. The zero-order valence-electron chi connectivity index (χ0n) is 17.0. The highest BCUT2D eigenvalue weighted by Crippen LogP contribution is 2.23. The Morgan fingerprint density at radius 3 is 2.06 bits per heavy atom. The van der Waals surface area contributed by atoms with Crippen LogP contribution < -0.4 is 14.8 Å². The van der Waals surface area contributed by atoms with Crippen LogP contribution in [0.15, 0.2) is 78.9 Å². The van der Waals surface area contributed by atoms with Gasteiger partial charge in [-0.05, 0) is 81.8 Å². The van der Waals surface area contributed by atoms with Gasteiger partial charge in [0.1, 0.15) is 11.5 Å². The number of carbonyl (C=O) groups excluding carboxylic acids is 2. The zero-order valence-corrected chi connectivity index (χ0v) is 19.2. The van der Waals surface area contributed by atoms with Gasteiger partial charge in [0.15, 0.2) is 0 Å². The molecule has 31 heavy (non-hydrogen) atoms. The van der Waals surface area contributed by atoms with Gasteiger partial charge in [-0.2, -0.15) is 0 Å². The molecule has 0 aliphatic heterocycles. The van der Waals surface area contributed by atoms with Crippen molar-refractivity contribution in [1.29, 1.82) is 0 Å². The van der Waals surface area contributed by atoms with Crippen molar-refractivity contribution in [2.75, 3.05) is 13.7 Å². The summed E-state index contributed by atoms with van der Waals surface area (Å²) in [6, 6.07) is 22.9. The van der Waals surface area contributed by atoms with Crippen LogP contribution in [0.1, 0.15) is 12.0 Å². The Labute approximate surface area is 195 Å². The maximum Gasteiger partial charge on any atom is 0.312 e. The molecule has 3 rings (SSSR count). The van der Waals surface area contributed by atoms with E-state index in [1.165, 1.54) is 9.65 Å². The second kappa shape index (κ2) is 11.3. The number of amides is 1. The Morgan fingerprint density at radius 1 is 0.871 bits per heavy atom. The summed E-state index contributed by atoms with van der Waals surface area (Å²) in [5, 5.41) is 2.68. The van der Waals surface area contributed by atoms with Crippen LogP contribution in [-0.4, -0.2) is 25.5 Å². The van der Waals surface area contributed by atoms with Crippen molar-refractivity contribution < 1.29 is 19.1 Å². The SMILES string of the molecule is COc1ccc(C=CC(=O)NCCC(=O)Oc2ccc(-c3ccc(I)cc3)cc2)cc1. The number of hydrogen-bond acceptors (Lipinski definition) is 4. The molecular formula is C25H22INO4. The smallest absolute Gasteiger partial charge is 0.312 e. The fourth-order valence-electron chi connectivity index (χ4n) is 2.77. The van der Waals surface area contributed by atoms with Crippen molar-refractivity contribution in [1.82, 2.24) is 5.32 Å². The van der Waals surface area contributed by atoms with Crippen molar-refractivity contribution in [3.8, 4) is 22.6 Å². The molecule has 0 spiro atoms. The molecule has 0 atom stereocenters. The number of benzene rings is 3. The van der Waals surface area contributed by atoms with Gasteiger partial charge in [0.05, 0.1) is 13.5 Å². The van der Waals surface area contributed by atoms with E-state index >= 15 is 0 Å². The maximum atomic E-state index is 12.0. The molecule has 0 aliphatic rings. The first-order chi connectivity index (χ1) is 15.0. The molecule has 3 aromatic rings. The Morgan fingerprint density at radius 2 is 1.45 bits per heavy atom. The number of ether oxygens (including phenoxy) is 2. The lowest BCUT2D eigenvalue weighted by atomic mass is 10.1. The molecule has 0 fully saturated rings. The number of nitrogens with one attached hydrogen (secondary N) is 1.